The highest BCUT2D eigenvalue weighted by Crippen LogP contribution is 2.20. The molecule has 1 atom stereocenters. The van der Waals surface area contributed by atoms with Crippen LogP contribution in [0, 0.1) is 12.8 Å². The van der Waals surface area contributed by atoms with Gasteiger partial charge in [-0.15, -0.1) is 0 Å². The Balaban J connectivity index is 2.26. The van der Waals surface area contributed by atoms with Gasteiger partial charge in [0, 0.05) is 25.4 Å². The number of hydrogen-bond acceptors (Lipinski definition) is 6. The van der Waals surface area contributed by atoms with Gasteiger partial charge in [-0.25, -0.2) is 9.97 Å². The normalized spacial score (nSPS) is 20.6. The fraction of sp³-hybridized carbons (Fsp3) is 0.583. The molecule has 104 valence electrons. The molecule has 7 nitrogen and oxygen atoms in total. The maximum atomic E-state index is 9.25. The van der Waals surface area contributed by atoms with Gasteiger partial charge in [0.1, 0.15) is 5.69 Å². The van der Waals surface area contributed by atoms with Crippen LogP contribution in [0.1, 0.15) is 24.2 Å². The molecule has 19 heavy (non-hydrogen) atoms. The van der Waals surface area contributed by atoms with Crippen molar-refractivity contribution in [3.63, 3.8) is 0 Å². The molecule has 1 aromatic heterocycles. The molecule has 1 unspecified atom stereocenters. The van der Waals surface area contributed by atoms with E-state index in [1.807, 2.05) is 11.8 Å². The van der Waals surface area contributed by atoms with Crippen LogP contribution in [0.5, 0.6) is 0 Å². The number of nitrogens with zero attached hydrogens (tertiary/aromatic N) is 4. The van der Waals surface area contributed by atoms with E-state index in [0.717, 1.165) is 31.6 Å². The molecule has 1 aromatic rings. The second-order valence-corrected chi connectivity index (χ2v) is 4.82. The lowest BCUT2D eigenvalue weighted by Gasteiger charge is -2.32. The summed E-state index contributed by atoms with van der Waals surface area (Å²) in [6.07, 6.45) is 2.02. The van der Waals surface area contributed by atoms with Gasteiger partial charge in [-0.1, -0.05) is 5.16 Å². The van der Waals surface area contributed by atoms with Crippen LogP contribution in [0.3, 0.4) is 0 Å². The second kappa shape index (κ2) is 5.83. The number of hydrogen-bond donors (Lipinski definition) is 3. The number of oxime groups is 1. The molecule has 2 rings (SSSR count). The largest absolute Gasteiger partial charge is 0.409 e. The van der Waals surface area contributed by atoms with Crippen molar-refractivity contribution in [3.8, 4) is 0 Å². The summed E-state index contributed by atoms with van der Waals surface area (Å²) in [6, 6.07) is 1.67. The Morgan fingerprint density at radius 2 is 2.37 bits per heavy atom. The van der Waals surface area contributed by atoms with E-state index < -0.39 is 0 Å². The summed E-state index contributed by atoms with van der Waals surface area (Å²) in [4.78, 5) is 10.7. The number of aromatic nitrogens is 2. The number of nitrogens with two attached hydrogens (primary N) is 1. The highest BCUT2D eigenvalue weighted by molar-refractivity contribution is 5.95. The molecule has 7 heteroatoms. The molecule has 0 radical (unpaired) electrons. The lowest BCUT2D eigenvalue weighted by atomic mass is 9.99. The molecule has 1 aliphatic heterocycles. The zero-order chi connectivity index (χ0) is 13.8. The van der Waals surface area contributed by atoms with E-state index >= 15 is 0 Å². The third kappa shape index (κ3) is 3.11. The lowest BCUT2D eigenvalue weighted by molar-refractivity contribution is 0.208. The topological polar surface area (TPSA) is 108 Å². The zero-order valence-corrected chi connectivity index (χ0v) is 11.0. The van der Waals surface area contributed by atoms with Gasteiger partial charge in [-0.2, -0.15) is 0 Å². The number of anilines is 1. The highest BCUT2D eigenvalue weighted by Gasteiger charge is 2.22. The summed E-state index contributed by atoms with van der Waals surface area (Å²) in [7, 11) is 0. The van der Waals surface area contributed by atoms with Gasteiger partial charge in [-0.05, 0) is 31.7 Å². The van der Waals surface area contributed by atoms with Gasteiger partial charge in [0.25, 0.3) is 0 Å². The van der Waals surface area contributed by atoms with E-state index in [9.17, 15) is 5.11 Å². The Hall–Kier alpha value is -1.89. The minimum Gasteiger partial charge on any atom is -0.409 e. The highest BCUT2D eigenvalue weighted by atomic mass is 16.4. The first-order valence-corrected chi connectivity index (χ1v) is 6.33. The van der Waals surface area contributed by atoms with E-state index in [1.54, 1.807) is 6.07 Å². The van der Waals surface area contributed by atoms with Crippen molar-refractivity contribution in [2.75, 3.05) is 24.6 Å². The molecule has 1 saturated heterocycles. The maximum Gasteiger partial charge on any atom is 0.226 e. The van der Waals surface area contributed by atoms with Gasteiger partial charge in [-0.3, -0.25) is 0 Å². The summed E-state index contributed by atoms with van der Waals surface area (Å²) in [6.45, 7) is 3.60. The van der Waals surface area contributed by atoms with E-state index in [0.29, 0.717) is 11.6 Å². The lowest BCUT2D eigenvalue weighted by Crippen LogP contribution is -2.38. The Bertz CT molecular complexity index is 477. The quantitative estimate of drug-likeness (QED) is 0.309. The van der Waals surface area contributed by atoms with Crippen molar-refractivity contribution >= 4 is 11.8 Å². The summed E-state index contributed by atoms with van der Waals surface area (Å²) in [5.74, 6) is 0.799. The van der Waals surface area contributed by atoms with Gasteiger partial charge in [0.15, 0.2) is 5.84 Å². The van der Waals surface area contributed by atoms with Crippen LogP contribution in [0.2, 0.25) is 0 Å². The summed E-state index contributed by atoms with van der Waals surface area (Å²) in [5.41, 5.74) is 6.74. The van der Waals surface area contributed by atoms with E-state index in [1.165, 1.54) is 0 Å². The van der Waals surface area contributed by atoms with E-state index in [4.69, 9.17) is 10.9 Å². The zero-order valence-electron chi connectivity index (χ0n) is 11.0. The molecule has 2 heterocycles. The average molecular weight is 265 g/mol. The summed E-state index contributed by atoms with van der Waals surface area (Å²) < 4.78 is 0. The van der Waals surface area contributed by atoms with Crippen molar-refractivity contribution in [2.45, 2.75) is 19.8 Å². The Morgan fingerprint density at radius 1 is 1.58 bits per heavy atom. The van der Waals surface area contributed by atoms with Crippen molar-refractivity contribution in [3.05, 3.63) is 17.5 Å². The Kier molecular flexibility index (Phi) is 4.16. The molecule has 0 amide bonds. The van der Waals surface area contributed by atoms with E-state index in [-0.39, 0.29) is 18.4 Å². The molecule has 0 aromatic carbocycles. The number of aliphatic hydroxyl groups excluding tert-OH is 1. The third-order valence-electron chi connectivity index (χ3n) is 3.27. The molecule has 4 N–H and O–H groups in total. The molecule has 1 fully saturated rings. The summed E-state index contributed by atoms with van der Waals surface area (Å²) in [5, 5.41) is 20.9. The van der Waals surface area contributed by atoms with Crippen LogP contribution in [0.15, 0.2) is 11.2 Å². The molecule has 0 bridgehead atoms. The number of aryl methyl sites for hydroxylation is 1. The van der Waals surface area contributed by atoms with Crippen molar-refractivity contribution in [2.24, 2.45) is 16.8 Å². The van der Waals surface area contributed by atoms with Crippen LogP contribution in [0.25, 0.3) is 0 Å². The Morgan fingerprint density at radius 3 is 3.05 bits per heavy atom. The van der Waals surface area contributed by atoms with Crippen molar-refractivity contribution < 1.29 is 10.3 Å². The third-order valence-corrected chi connectivity index (χ3v) is 3.27. The minimum atomic E-state index is -0.0255. The standard InChI is InChI=1S/C12H19N5O2/c1-8-5-10(11(13)16-19)15-12(14-8)17-4-2-3-9(6-17)7-18/h5,9,18-19H,2-4,6-7H2,1H3,(H2,13,16). The molecular weight excluding hydrogens is 246 g/mol. The average Bonchev–Trinajstić information content (AvgIpc) is 2.45. The number of amidine groups is 1. The van der Waals surface area contributed by atoms with Crippen LogP contribution in [0.4, 0.5) is 5.95 Å². The fourth-order valence-corrected chi connectivity index (χ4v) is 2.27. The first kappa shape index (κ1) is 13.5. The second-order valence-electron chi connectivity index (χ2n) is 4.82. The predicted molar refractivity (Wildman–Crippen MR) is 71.3 cm³/mol. The van der Waals surface area contributed by atoms with E-state index in [2.05, 4.69) is 15.1 Å². The molecule has 0 aliphatic carbocycles. The fourth-order valence-electron chi connectivity index (χ4n) is 2.27. The van der Waals surface area contributed by atoms with Crippen LogP contribution in [-0.4, -0.2) is 45.8 Å². The number of rotatable bonds is 3. The first-order valence-electron chi connectivity index (χ1n) is 6.33. The molecule has 1 aliphatic rings. The van der Waals surface area contributed by atoms with Gasteiger partial charge in [0.2, 0.25) is 5.95 Å². The SMILES string of the molecule is Cc1cc(/C(N)=N/O)nc(N2CCCC(CO)C2)n1. The minimum absolute atomic E-state index is 0.0255. The number of piperidine rings is 1. The predicted octanol–water partition coefficient (Wildman–Crippen LogP) is 0.0882. The van der Waals surface area contributed by atoms with Crippen LogP contribution >= 0.6 is 0 Å². The molecule has 0 spiro atoms. The van der Waals surface area contributed by atoms with Crippen LogP contribution < -0.4 is 10.6 Å². The Labute approximate surface area is 111 Å². The molecule has 0 saturated carbocycles. The smallest absolute Gasteiger partial charge is 0.226 e. The monoisotopic (exact) mass is 265 g/mol. The maximum absolute atomic E-state index is 9.25. The number of aliphatic hydroxyl groups is 1. The van der Waals surface area contributed by atoms with Gasteiger partial charge < -0.3 is 20.9 Å². The molecular formula is C12H19N5O2. The first-order chi connectivity index (χ1) is 9.13. The van der Waals surface area contributed by atoms with Gasteiger partial charge >= 0.3 is 0 Å². The van der Waals surface area contributed by atoms with Crippen molar-refractivity contribution in [1.29, 1.82) is 0 Å². The van der Waals surface area contributed by atoms with Gasteiger partial charge in [0.05, 0.1) is 0 Å². The van der Waals surface area contributed by atoms with Crippen LogP contribution in [-0.2, 0) is 0 Å². The van der Waals surface area contributed by atoms with Crippen molar-refractivity contribution in [1.82, 2.24) is 9.97 Å². The summed E-state index contributed by atoms with van der Waals surface area (Å²) >= 11 is 0.